The predicted molar refractivity (Wildman–Crippen MR) is 118 cm³/mol. The zero-order chi connectivity index (χ0) is 24.2. The van der Waals surface area contributed by atoms with Gasteiger partial charge in [-0.15, -0.1) is 5.10 Å². The lowest BCUT2D eigenvalue weighted by atomic mass is 10.1. The summed E-state index contributed by atoms with van der Waals surface area (Å²) in [6.07, 6.45) is 0.400. The Morgan fingerprint density at radius 3 is 2.85 bits per heavy atom. The number of hydrogen-bond donors (Lipinski definition) is 3. The molecule has 176 valence electrons. The van der Waals surface area contributed by atoms with E-state index < -0.39 is 23.8 Å². The van der Waals surface area contributed by atoms with Crippen LogP contribution in [-0.4, -0.2) is 57.8 Å². The van der Waals surface area contributed by atoms with Gasteiger partial charge in [-0.05, 0) is 35.7 Å². The number of aromatic amines is 1. The summed E-state index contributed by atoms with van der Waals surface area (Å²) in [6.45, 7) is -0.108. The van der Waals surface area contributed by atoms with Crippen molar-refractivity contribution >= 4 is 23.5 Å². The molecule has 1 aliphatic rings. The van der Waals surface area contributed by atoms with E-state index in [1.165, 1.54) is 11.0 Å². The van der Waals surface area contributed by atoms with Crippen molar-refractivity contribution in [3.8, 4) is 5.75 Å². The van der Waals surface area contributed by atoms with E-state index in [0.29, 0.717) is 29.2 Å². The number of nitrogens with zero attached hydrogens (tertiary/aromatic N) is 3. The fourth-order valence-corrected chi connectivity index (χ4v) is 3.58. The smallest absolute Gasteiger partial charge is 0.303 e. The van der Waals surface area contributed by atoms with Gasteiger partial charge in [0.05, 0.1) is 5.69 Å². The van der Waals surface area contributed by atoms with Crippen LogP contribution in [0.2, 0.25) is 0 Å². The first kappa shape index (κ1) is 22.9. The van der Waals surface area contributed by atoms with Crippen LogP contribution in [0.5, 0.6) is 5.75 Å². The zero-order valence-corrected chi connectivity index (χ0v) is 18.2. The second kappa shape index (κ2) is 9.69. The highest BCUT2D eigenvalue weighted by Crippen LogP contribution is 2.32. The Kier molecular flexibility index (Phi) is 6.53. The molecule has 34 heavy (non-hydrogen) atoms. The minimum atomic E-state index is -0.999. The van der Waals surface area contributed by atoms with Gasteiger partial charge in [0.2, 0.25) is 5.82 Å². The van der Waals surface area contributed by atoms with E-state index in [2.05, 4.69) is 20.5 Å². The number of halogens is 1. The van der Waals surface area contributed by atoms with E-state index in [0.717, 1.165) is 5.56 Å². The summed E-state index contributed by atoms with van der Waals surface area (Å²) in [5.74, 6) is -1.83. The Hall–Kier alpha value is -4.28. The third-order valence-corrected chi connectivity index (χ3v) is 5.40. The van der Waals surface area contributed by atoms with Gasteiger partial charge >= 0.3 is 5.97 Å². The van der Waals surface area contributed by atoms with Crippen molar-refractivity contribution in [3.05, 3.63) is 71.1 Å². The molecule has 0 radical (unpaired) electrons. The van der Waals surface area contributed by atoms with Gasteiger partial charge in [0.1, 0.15) is 30.0 Å². The number of carboxylic acid groups (broad SMARTS) is 1. The van der Waals surface area contributed by atoms with Gasteiger partial charge in [-0.1, -0.05) is 24.3 Å². The third-order valence-electron chi connectivity index (χ3n) is 5.40. The molecule has 4 rings (SSSR count). The SMILES string of the molecule is CN1C(=O)[C@@H](NC(=O)c2n[nH]c(Cc3ccccc3F)n2)COc2ccc(CCC(=O)O)cc21. The number of rotatable bonds is 7. The van der Waals surface area contributed by atoms with Crippen molar-refractivity contribution in [1.29, 1.82) is 0 Å². The van der Waals surface area contributed by atoms with Gasteiger partial charge in [-0.2, -0.15) is 0 Å². The average molecular weight is 467 g/mol. The average Bonchev–Trinajstić information content (AvgIpc) is 3.25. The van der Waals surface area contributed by atoms with E-state index in [1.54, 1.807) is 43.4 Å². The molecule has 2 aromatic carbocycles. The van der Waals surface area contributed by atoms with Crippen LogP contribution in [0.1, 0.15) is 34.0 Å². The van der Waals surface area contributed by atoms with Crippen LogP contribution in [0.4, 0.5) is 10.1 Å². The number of H-pyrrole nitrogens is 1. The molecule has 0 fully saturated rings. The van der Waals surface area contributed by atoms with Gasteiger partial charge in [0.15, 0.2) is 0 Å². The number of fused-ring (bicyclic) bond motifs is 1. The number of benzene rings is 2. The Morgan fingerprint density at radius 1 is 1.29 bits per heavy atom. The van der Waals surface area contributed by atoms with Crippen LogP contribution < -0.4 is 15.0 Å². The van der Waals surface area contributed by atoms with Crippen LogP contribution in [0.3, 0.4) is 0 Å². The lowest BCUT2D eigenvalue weighted by Gasteiger charge is -2.20. The number of nitrogens with one attached hydrogen (secondary N) is 2. The van der Waals surface area contributed by atoms with E-state index in [1.807, 2.05) is 0 Å². The highest BCUT2D eigenvalue weighted by Gasteiger charge is 2.31. The number of aromatic nitrogens is 3. The molecule has 0 bridgehead atoms. The van der Waals surface area contributed by atoms with Crippen molar-refractivity contribution in [2.75, 3.05) is 18.6 Å². The molecule has 2 amide bonds. The van der Waals surface area contributed by atoms with Crippen LogP contribution in [0.25, 0.3) is 0 Å². The molecular formula is C23H22FN5O5. The largest absolute Gasteiger partial charge is 0.489 e. The van der Waals surface area contributed by atoms with Gasteiger partial charge in [-0.25, -0.2) is 9.37 Å². The molecule has 10 nitrogen and oxygen atoms in total. The normalized spacial score (nSPS) is 15.3. The number of aryl methyl sites for hydroxylation is 1. The Labute approximate surface area is 193 Å². The summed E-state index contributed by atoms with van der Waals surface area (Å²) in [4.78, 5) is 42.0. The molecule has 0 unspecified atom stereocenters. The number of carbonyl (C=O) groups is 3. The third kappa shape index (κ3) is 5.03. The monoisotopic (exact) mass is 467 g/mol. The highest BCUT2D eigenvalue weighted by atomic mass is 19.1. The van der Waals surface area contributed by atoms with Crippen molar-refractivity contribution in [2.24, 2.45) is 0 Å². The van der Waals surface area contributed by atoms with E-state index in [-0.39, 0.29) is 31.1 Å². The molecule has 1 atom stereocenters. The van der Waals surface area contributed by atoms with E-state index in [4.69, 9.17) is 9.84 Å². The second-order valence-electron chi connectivity index (χ2n) is 7.80. The first-order chi connectivity index (χ1) is 16.3. The minimum Gasteiger partial charge on any atom is -0.489 e. The number of ether oxygens (including phenoxy) is 1. The first-order valence-corrected chi connectivity index (χ1v) is 10.5. The molecule has 3 aromatic rings. The Morgan fingerprint density at radius 2 is 2.09 bits per heavy atom. The van der Waals surface area contributed by atoms with Crippen molar-refractivity contribution < 1.29 is 28.6 Å². The van der Waals surface area contributed by atoms with Crippen LogP contribution in [-0.2, 0) is 22.4 Å². The van der Waals surface area contributed by atoms with Crippen LogP contribution >= 0.6 is 0 Å². The highest BCUT2D eigenvalue weighted by molar-refractivity contribution is 6.02. The number of amides is 2. The number of hydrogen-bond acceptors (Lipinski definition) is 6. The maximum atomic E-state index is 13.9. The fraction of sp³-hybridized carbons (Fsp3) is 0.261. The van der Waals surface area contributed by atoms with E-state index >= 15 is 0 Å². The molecule has 0 saturated heterocycles. The molecule has 0 spiro atoms. The molecular weight excluding hydrogens is 445 g/mol. The molecule has 3 N–H and O–H groups in total. The molecule has 2 heterocycles. The Bertz CT molecular complexity index is 1240. The summed E-state index contributed by atoms with van der Waals surface area (Å²) in [5, 5.41) is 18.0. The number of likely N-dealkylation sites (N-methyl/N-ethyl adjacent to an activating group) is 1. The number of aliphatic carboxylic acids is 1. The summed E-state index contributed by atoms with van der Waals surface area (Å²) < 4.78 is 19.6. The van der Waals surface area contributed by atoms with Gasteiger partial charge in [0, 0.05) is 19.9 Å². The zero-order valence-electron chi connectivity index (χ0n) is 18.2. The standard InChI is InChI=1S/C23H22FN5O5/c1-29-17-10-13(7-9-20(30)31)6-8-18(17)34-12-16(23(29)33)25-22(32)21-26-19(27-28-21)11-14-4-2-3-5-15(14)24/h2-6,8,10,16H,7,9,11-12H2,1H3,(H,25,32)(H,30,31)(H,26,27,28)/t16-/m0/s1. The minimum absolute atomic E-state index is 0.0362. The summed E-state index contributed by atoms with van der Waals surface area (Å²) >= 11 is 0. The molecule has 0 aliphatic carbocycles. The predicted octanol–water partition coefficient (Wildman–Crippen LogP) is 1.71. The lowest BCUT2D eigenvalue weighted by molar-refractivity contribution is -0.137. The number of anilines is 1. The van der Waals surface area contributed by atoms with Crippen molar-refractivity contribution in [1.82, 2.24) is 20.5 Å². The molecule has 11 heteroatoms. The lowest BCUT2D eigenvalue weighted by Crippen LogP contribution is -2.49. The van der Waals surface area contributed by atoms with E-state index in [9.17, 15) is 18.8 Å². The summed E-state index contributed by atoms with van der Waals surface area (Å²) in [7, 11) is 1.55. The second-order valence-corrected chi connectivity index (χ2v) is 7.80. The summed E-state index contributed by atoms with van der Waals surface area (Å²) in [5.41, 5.74) is 1.63. The van der Waals surface area contributed by atoms with Gasteiger partial charge in [0.25, 0.3) is 11.8 Å². The quantitative estimate of drug-likeness (QED) is 0.481. The van der Waals surface area contributed by atoms with Crippen molar-refractivity contribution in [3.63, 3.8) is 0 Å². The molecule has 1 aliphatic heterocycles. The van der Waals surface area contributed by atoms with Gasteiger partial charge < -0.3 is 20.1 Å². The number of carbonyl (C=O) groups excluding carboxylic acids is 2. The van der Waals surface area contributed by atoms with Crippen molar-refractivity contribution in [2.45, 2.75) is 25.3 Å². The maximum Gasteiger partial charge on any atom is 0.303 e. The first-order valence-electron chi connectivity index (χ1n) is 10.5. The van der Waals surface area contributed by atoms with Crippen LogP contribution in [0.15, 0.2) is 42.5 Å². The summed E-state index contributed by atoms with van der Waals surface area (Å²) in [6, 6.07) is 10.3. The number of carboxylic acids is 1. The topological polar surface area (TPSA) is 138 Å². The fourth-order valence-electron chi connectivity index (χ4n) is 3.58. The Balaban J connectivity index is 1.43. The maximum absolute atomic E-state index is 13.9. The van der Waals surface area contributed by atoms with Gasteiger partial charge in [-0.3, -0.25) is 19.5 Å². The van der Waals surface area contributed by atoms with Crippen LogP contribution in [0, 0.1) is 5.82 Å². The molecule has 1 aromatic heterocycles. The molecule has 0 saturated carbocycles.